The molecule has 0 spiro atoms. The predicted octanol–water partition coefficient (Wildman–Crippen LogP) is 3.45. The number of amides is 1. The average Bonchev–Trinajstić information content (AvgIpc) is 2.95. The lowest BCUT2D eigenvalue weighted by Crippen LogP contribution is -2.11. The van der Waals surface area contributed by atoms with Gasteiger partial charge in [0.25, 0.3) is 0 Å². The molecule has 3 rings (SSSR count). The second-order valence-corrected chi connectivity index (χ2v) is 4.99. The summed E-state index contributed by atoms with van der Waals surface area (Å²) in [7, 11) is 0. The third-order valence-corrected chi connectivity index (χ3v) is 3.47. The van der Waals surface area contributed by atoms with Crippen LogP contribution in [-0.2, 0) is 16.0 Å². The second-order valence-electron chi connectivity index (χ2n) is 4.99. The first-order valence-electron chi connectivity index (χ1n) is 7.53. The number of esters is 1. The molecule has 2 aromatic rings. The fourth-order valence-electron chi connectivity index (χ4n) is 2.52. The van der Waals surface area contributed by atoms with Crippen molar-refractivity contribution >= 4 is 12.1 Å². The number of hydrogen-bond acceptors (Lipinski definition) is 4. The minimum absolute atomic E-state index is 0.356. The normalized spacial score (nSPS) is 10.5. The van der Waals surface area contributed by atoms with Gasteiger partial charge in [-0.25, -0.2) is 9.59 Å². The van der Waals surface area contributed by atoms with Gasteiger partial charge in [0.1, 0.15) is 5.75 Å². The van der Waals surface area contributed by atoms with Crippen molar-refractivity contribution in [3.8, 4) is 16.9 Å². The van der Waals surface area contributed by atoms with Crippen LogP contribution in [0.3, 0.4) is 0 Å². The van der Waals surface area contributed by atoms with Crippen LogP contribution in [0.5, 0.6) is 5.75 Å². The Labute approximate surface area is 140 Å². The molecule has 5 nitrogen and oxygen atoms in total. The highest BCUT2D eigenvalue weighted by atomic mass is 16.5. The molecule has 0 heterocycles. The monoisotopic (exact) mass is 325 g/mol. The Morgan fingerprint density at radius 3 is 2.50 bits per heavy atom. The molecule has 24 heavy (non-hydrogen) atoms. The highest BCUT2D eigenvalue weighted by molar-refractivity contribution is 5.85. The first-order chi connectivity index (χ1) is 11.6. The van der Waals surface area contributed by atoms with Crippen LogP contribution in [0.4, 0.5) is 4.79 Å². The average molecular weight is 325 g/mol. The summed E-state index contributed by atoms with van der Waals surface area (Å²) in [5, 5.41) is 0. The van der Waals surface area contributed by atoms with Gasteiger partial charge in [-0.05, 0) is 29.7 Å². The molecule has 0 unspecified atom stereocenters. The number of nitrogens with two attached hydrogens (primary N) is 1. The van der Waals surface area contributed by atoms with E-state index in [9.17, 15) is 9.59 Å². The van der Waals surface area contributed by atoms with Crippen molar-refractivity contribution in [1.82, 2.24) is 0 Å². The van der Waals surface area contributed by atoms with E-state index in [-0.39, 0.29) is 0 Å². The first kappa shape index (κ1) is 17.3. The van der Waals surface area contributed by atoms with Gasteiger partial charge in [0, 0.05) is 18.1 Å². The maximum absolute atomic E-state index is 11.3. The number of carbonyl (C=O) groups excluding carboxylic acids is 2. The molecule has 1 aliphatic carbocycles. The van der Waals surface area contributed by atoms with E-state index < -0.39 is 12.1 Å². The highest BCUT2D eigenvalue weighted by Gasteiger charge is 2.21. The van der Waals surface area contributed by atoms with Crippen molar-refractivity contribution in [3.63, 3.8) is 0 Å². The van der Waals surface area contributed by atoms with Gasteiger partial charge in [0.15, 0.2) is 0 Å². The molecular weight excluding hydrogens is 306 g/mol. The minimum atomic E-state index is -0.711. The molecule has 2 N–H and O–H groups in total. The van der Waals surface area contributed by atoms with Gasteiger partial charge in [-0.1, -0.05) is 43.0 Å². The molecule has 124 valence electrons. The van der Waals surface area contributed by atoms with Crippen LogP contribution in [0.1, 0.15) is 18.1 Å². The summed E-state index contributed by atoms with van der Waals surface area (Å²) < 4.78 is 9.46. The molecule has 0 radical (unpaired) electrons. The summed E-state index contributed by atoms with van der Waals surface area (Å²) in [6.07, 6.45) is 1.28. The maximum atomic E-state index is 11.3. The van der Waals surface area contributed by atoms with E-state index in [0.717, 1.165) is 17.5 Å². The molecule has 0 saturated carbocycles. The third-order valence-electron chi connectivity index (χ3n) is 3.47. The summed E-state index contributed by atoms with van der Waals surface area (Å²) in [6.45, 7) is 5.47. The SMILES string of the molecule is C=CC(=O)Oc1cccc2c1Cc1ccccc1-2.CCOC(N)=O. The van der Waals surface area contributed by atoms with Gasteiger partial charge in [-0.3, -0.25) is 0 Å². The highest BCUT2D eigenvalue weighted by Crippen LogP contribution is 2.40. The summed E-state index contributed by atoms with van der Waals surface area (Å²) in [5.74, 6) is 0.216. The maximum Gasteiger partial charge on any atom is 0.404 e. The number of carbonyl (C=O) groups is 2. The van der Waals surface area contributed by atoms with Crippen LogP contribution >= 0.6 is 0 Å². The second kappa shape index (κ2) is 7.97. The lowest BCUT2D eigenvalue weighted by molar-refractivity contribution is -0.129. The van der Waals surface area contributed by atoms with Crippen LogP contribution < -0.4 is 10.5 Å². The van der Waals surface area contributed by atoms with Crippen molar-refractivity contribution < 1.29 is 19.1 Å². The molecule has 0 aliphatic heterocycles. The summed E-state index contributed by atoms with van der Waals surface area (Å²) >= 11 is 0. The van der Waals surface area contributed by atoms with Gasteiger partial charge < -0.3 is 15.2 Å². The fraction of sp³-hybridized carbons (Fsp3) is 0.158. The van der Waals surface area contributed by atoms with Crippen LogP contribution in [0.25, 0.3) is 11.1 Å². The zero-order chi connectivity index (χ0) is 17.5. The van der Waals surface area contributed by atoms with E-state index in [1.807, 2.05) is 24.3 Å². The quantitative estimate of drug-likeness (QED) is 0.454. The third kappa shape index (κ3) is 4.01. The largest absolute Gasteiger partial charge is 0.450 e. The number of hydrogen-bond donors (Lipinski definition) is 1. The fourth-order valence-corrected chi connectivity index (χ4v) is 2.52. The Kier molecular flexibility index (Phi) is 5.73. The first-order valence-corrected chi connectivity index (χ1v) is 7.53. The number of rotatable bonds is 3. The molecule has 0 saturated heterocycles. The van der Waals surface area contributed by atoms with E-state index in [1.165, 1.54) is 17.2 Å². The number of ether oxygens (including phenoxy) is 2. The topological polar surface area (TPSA) is 78.6 Å². The smallest absolute Gasteiger partial charge is 0.404 e. The molecule has 0 atom stereocenters. The van der Waals surface area contributed by atoms with Gasteiger partial charge in [0.05, 0.1) is 6.61 Å². The van der Waals surface area contributed by atoms with Gasteiger partial charge in [-0.2, -0.15) is 0 Å². The zero-order valence-corrected chi connectivity index (χ0v) is 13.5. The van der Waals surface area contributed by atoms with E-state index in [4.69, 9.17) is 4.74 Å². The molecule has 5 heteroatoms. The Bertz CT molecular complexity index is 768. The van der Waals surface area contributed by atoms with Crippen molar-refractivity contribution in [2.24, 2.45) is 5.73 Å². The van der Waals surface area contributed by atoms with Crippen molar-refractivity contribution in [2.45, 2.75) is 13.3 Å². The lowest BCUT2D eigenvalue weighted by atomic mass is 10.1. The van der Waals surface area contributed by atoms with Crippen LogP contribution in [0, 0.1) is 0 Å². The Morgan fingerprint density at radius 2 is 1.88 bits per heavy atom. The number of fused-ring (bicyclic) bond motifs is 3. The summed E-state index contributed by atoms with van der Waals surface area (Å²) in [5.41, 5.74) is 9.27. The van der Waals surface area contributed by atoms with E-state index >= 15 is 0 Å². The molecule has 1 aliphatic rings. The predicted molar refractivity (Wildman–Crippen MR) is 91.7 cm³/mol. The lowest BCUT2D eigenvalue weighted by Gasteiger charge is -2.07. The van der Waals surface area contributed by atoms with E-state index in [1.54, 1.807) is 6.92 Å². The molecule has 0 fully saturated rings. The molecule has 0 aromatic heterocycles. The van der Waals surface area contributed by atoms with Gasteiger partial charge >= 0.3 is 12.1 Å². The van der Waals surface area contributed by atoms with E-state index in [0.29, 0.717) is 12.4 Å². The van der Waals surface area contributed by atoms with Crippen molar-refractivity contribution in [2.75, 3.05) is 6.61 Å². The Hall–Kier alpha value is -3.08. The van der Waals surface area contributed by atoms with E-state index in [2.05, 4.69) is 35.2 Å². The summed E-state index contributed by atoms with van der Waals surface area (Å²) in [4.78, 5) is 20.9. The Morgan fingerprint density at radius 1 is 1.17 bits per heavy atom. The Balaban J connectivity index is 0.000000301. The van der Waals surface area contributed by atoms with Gasteiger partial charge in [-0.15, -0.1) is 0 Å². The molecule has 1 amide bonds. The molecule has 2 aromatic carbocycles. The van der Waals surface area contributed by atoms with Gasteiger partial charge in [0.2, 0.25) is 0 Å². The van der Waals surface area contributed by atoms with Crippen LogP contribution in [-0.4, -0.2) is 18.7 Å². The standard InChI is InChI=1S/C16H12O2.C3H7NO2/c1-2-16(17)18-15-9-5-8-13-12-7-4-3-6-11(12)10-14(13)15;1-2-6-3(4)5/h2-9H,1,10H2;2H2,1H3,(H2,4,5). The minimum Gasteiger partial charge on any atom is -0.450 e. The number of primary amides is 1. The number of benzene rings is 2. The zero-order valence-electron chi connectivity index (χ0n) is 13.5. The van der Waals surface area contributed by atoms with Crippen LogP contribution in [0.15, 0.2) is 55.1 Å². The molecular formula is C19H19NO4. The van der Waals surface area contributed by atoms with Crippen LogP contribution in [0.2, 0.25) is 0 Å². The molecule has 0 bridgehead atoms. The summed E-state index contributed by atoms with van der Waals surface area (Å²) in [6, 6.07) is 14.1. The van der Waals surface area contributed by atoms with Crippen molar-refractivity contribution in [3.05, 3.63) is 66.2 Å². The van der Waals surface area contributed by atoms with Crippen molar-refractivity contribution in [1.29, 1.82) is 0 Å².